The highest BCUT2D eigenvalue weighted by atomic mass is 16.5. The SMILES string of the molecule is CCCCCCCCCCN(CCCCCCCCCC)C(C(=O)OCC)C(C)C. The number of carbonyl (C=O) groups excluding carboxylic acids is 1. The lowest BCUT2D eigenvalue weighted by atomic mass is 10.0. The summed E-state index contributed by atoms with van der Waals surface area (Å²) in [5.74, 6) is 0.277. The highest BCUT2D eigenvalue weighted by molar-refractivity contribution is 5.76. The summed E-state index contributed by atoms with van der Waals surface area (Å²) in [6, 6.07) is -0.0842. The number of esters is 1. The molecule has 1 atom stereocenters. The van der Waals surface area contributed by atoms with Crippen molar-refractivity contribution >= 4 is 5.97 Å². The van der Waals surface area contributed by atoms with Crippen molar-refractivity contribution in [3.63, 3.8) is 0 Å². The van der Waals surface area contributed by atoms with Crippen LogP contribution in [0.15, 0.2) is 0 Å². The molecule has 180 valence electrons. The Morgan fingerprint density at radius 3 is 1.33 bits per heavy atom. The first-order valence-electron chi connectivity index (χ1n) is 13.5. The molecule has 0 bridgehead atoms. The molecule has 3 heteroatoms. The fourth-order valence-electron chi connectivity index (χ4n) is 4.36. The number of ether oxygens (including phenoxy) is 1. The van der Waals surface area contributed by atoms with Gasteiger partial charge in [-0.25, -0.2) is 0 Å². The smallest absolute Gasteiger partial charge is 0.323 e. The fraction of sp³-hybridized carbons (Fsp3) is 0.963. The van der Waals surface area contributed by atoms with E-state index in [1.54, 1.807) is 0 Å². The van der Waals surface area contributed by atoms with E-state index in [2.05, 4.69) is 32.6 Å². The van der Waals surface area contributed by atoms with E-state index in [0.717, 1.165) is 13.1 Å². The summed E-state index contributed by atoms with van der Waals surface area (Å²) < 4.78 is 5.43. The number of hydrogen-bond acceptors (Lipinski definition) is 3. The van der Waals surface area contributed by atoms with Crippen LogP contribution in [0, 0.1) is 5.92 Å². The third kappa shape index (κ3) is 16.2. The Kier molecular flexibility index (Phi) is 21.2. The van der Waals surface area contributed by atoms with Gasteiger partial charge in [0, 0.05) is 0 Å². The Labute approximate surface area is 189 Å². The largest absolute Gasteiger partial charge is 0.465 e. The van der Waals surface area contributed by atoms with Crippen molar-refractivity contribution in [3.05, 3.63) is 0 Å². The highest BCUT2D eigenvalue weighted by Gasteiger charge is 2.29. The van der Waals surface area contributed by atoms with Crippen molar-refractivity contribution in [2.75, 3.05) is 19.7 Å². The molecule has 0 rings (SSSR count). The van der Waals surface area contributed by atoms with E-state index in [9.17, 15) is 4.79 Å². The van der Waals surface area contributed by atoms with E-state index in [1.165, 1.54) is 103 Å². The van der Waals surface area contributed by atoms with Gasteiger partial charge in [0.1, 0.15) is 6.04 Å². The molecular weight excluding hydrogens is 370 g/mol. The Morgan fingerprint density at radius 2 is 1.00 bits per heavy atom. The Bertz CT molecular complexity index is 350. The van der Waals surface area contributed by atoms with Crippen molar-refractivity contribution in [2.45, 2.75) is 143 Å². The average molecular weight is 426 g/mol. The van der Waals surface area contributed by atoms with Crippen molar-refractivity contribution in [2.24, 2.45) is 5.92 Å². The second-order valence-corrected chi connectivity index (χ2v) is 9.43. The first kappa shape index (κ1) is 29.4. The molecule has 0 spiro atoms. The molecule has 0 N–H and O–H groups in total. The molecule has 0 aliphatic rings. The maximum absolute atomic E-state index is 12.6. The molecule has 0 saturated heterocycles. The Morgan fingerprint density at radius 1 is 0.633 bits per heavy atom. The third-order valence-electron chi connectivity index (χ3n) is 6.15. The van der Waals surface area contributed by atoms with Crippen LogP contribution in [0.25, 0.3) is 0 Å². The lowest BCUT2D eigenvalue weighted by Gasteiger charge is -2.32. The van der Waals surface area contributed by atoms with Gasteiger partial charge in [-0.05, 0) is 38.8 Å². The maximum Gasteiger partial charge on any atom is 0.323 e. The van der Waals surface area contributed by atoms with Gasteiger partial charge in [-0.1, -0.05) is 118 Å². The van der Waals surface area contributed by atoms with Gasteiger partial charge in [0.05, 0.1) is 6.61 Å². The summed E-state index contributed by atoms with van der Waals surface area (Å²) >= 11 is 0. The third-order valence-corrected chi connectivity index (χ3v) is 6.15. The molecule has 1 unspecified atom stereocenters. The van der Waals surface area contributed by atoms with Crippen LogP contribution in [0.2, 0.25) is 0 Å². The van der Waals surface area contributed by atoms with Crippen LogP contribution in [0.4, 0.5) is 0 Å². The minimum absolute atomic E-state index is 0.0216. The minimum atomic E-state index is -0.0842. The molecule has 0 aliphatic carbocycles. The van der Waals surface area contributed by atoms with Crippen LogP contribution in [0.5, 0.6) is 0 Å². The Balaban J connectivity index is 4.38. The van der Waals surface area contributed by atoms with Gasteiger partial charge in [-0.15, -0.1) is 0 Å². The van der Waals surface area contributed by atoms with Gasteiger partial charge in [-0.2, -0.15) is 0 Å². The maximum atomic E-state index is 12.6. The van der Waals surface area contributed by atoms with Crippen LogP contribution in [0.1, 0.15) is 137 Å². The lowest BCUT2D eigenvalue weighted by Crippen LogP contribution is -2.46. The quantitative estimate of drug-likeness (QED) is 0.129. The van der Waals surface area contributed by atoms with Gasteiger partial charge in [-0.3, -0.25) is 9.69 Å². The highest BCUT2D eigenvalue weighted by Crippen LogP contribution is 2.17. The second kappa shape index (κ2) is 21.7. The summed E-state index contributed by atoms with van der Waals surface area (Å²) in [5.41, 5.74) is 0. The molecule has 0 saturated carbocycles. The van der Waals surface area contributed by atoms with Gasteiger partial charge in [0.25, 0.3) is 0 Å². The number of nitrogens with zero attached hydrogens (tertiary/aromatic N) is 1. The van der Waals surface area contributed by atoms with Crippen LogP contribution in [-0.4, -0.2) is 36.6 Å². The lowest BCUT2D eigenvalue weighted by molar-refractivity contribution is -0.151. The second-order valence-electron chi connectivity index (χ2n) is 9.43. The topological polar surface area (TPSA) is 29.5 Å². The van der Waals surface area contributed by atoms with E-state index in [0.29, 0.717) is 12.5 Å². The summed E-state index contributed by atoms with van der Waals surface area (Å²) in [5, 5.41) is 0. The van der Waals surface area contributed by atoms with Gasteiger partial charge in [0.2, 0.25) is 0 Å². The molecule has 30 heavy (non-hydrogen) atoms. The molecule has 0 heterocycles. The molecule has 0 aromatic heterocycles. The van der Waals surface area contributed by atoms with Crippen molar-refractivity contribution < 1.29 is 9.53 Å². The van der Waals surface area contributed by atoms with Crippen molar-refractivity contribution in [1.82, 2.24) is 4.90 Å². The van der Waals surface area contributed by atoms with E-state index in [-0.39, 0.29) is 12.0 Å². The molecule has 0 aromatic rings. The van der Waals surface area contributed by atoms with Crippen molar-refractivity contribution in [3.8, 4) is 0 Å². The van der Waals surface area contributed by atoms with E-state index in [4.69, 9.17) is 4.74 Å². The summed E-state index contributed by atoms with van der Waals surface area (Å²) in [7, 11) is 0. The summed E-state index contributed by atoms with van der Waals surface area (Å²) in [6.07, 6.45) is 21.3. The Hall–Kier alpha value is -0.570. The minimum Gasteiger partial charge on any atom is -0.465 e. The van der Waals surface area contributed by atoms with Crippen molar-refractivity contribution in [1.29, 1.82) is 0 Å². The fourth-order valence-corrected chi connectivity index (χ4v) is 4.36. The van der Waals surface area contributed by atoms with E-state index >= 15 is 0 Å². The summed E-state index contributed by atoms with van der Waals surface area (Å²) in [4.78, 5) is 15.1. The zero-order chi connectivity index (χ0) is 22.5. The van der Waals surface area contributed by atoms with Crippen LogP contribution in [-0.2, 0) is 9.53 Å². The van der Waals surface area contributed by atoms with Crippen LogP contribution in [0.3, 0.4) is 0 Å². The normalized spacial score (nSPS) is 12.6. The summed E-state index contributed by atoms with van der Waals surface area (Å²) in [6.45, 7) is 13.3. The standard InChI is InChI=1S/C27H55NO2/c1-6-9-11-13-15-17-19-21-23-28(26(25(4)5)27(29)30-8-3)24-22-20-18-16-14-12-10-7-2/h25-26H,6-24H2,1-5H3. The molecule has 0 aromatic carbocycles. The van der Waals surface area contributed by atoms with E-state index < -0.39 is 0 Å². The van der Waals surface area contributed by atoms with Crippen LogP contribution < -0.4 is 0 Å². The molecule has 0 aliphatic heterocycles. The average Bonchev–Trinajstić information content (AvgIpc) is 2.71. The molecule has 0 amide bonds. The first-order chi connectivity index (χ1) is 14.6. The number of carbonyl (C=O) groups is 1. The molecule has 0 fully saturated rings. The molecular formula is C27H55NO2. The predicted molar refractivity (Wildman–Crippen MR) is 132 cm³/mol. The number of rotatable bonds is 22. The number of hydrogen-bond donors (Lipinski definition) is 0. The predicted octanol–water partition coefficient (Wildman–Crippen LogP) is 8.16. The van der Waals surface area contributed by atoms with Gasteiger partial charge < -0.3 is 4.74 Å². The monoisotopic (exact) mass is 425 g/mol. The molecule has 0 radical (unpaired) electrons. The van der Waals surface area contributed by atoms with Gasteiger partial charge >= 0.3 is 5.97 Å². The zero-order valence-electron chi connectivity index (χ0n) is 21.4. The number of unbranched alkanes of at least 4 members (excludes halogenated alkanes) is 14. The van der Waals surface area contributed by atoms with Crippen LogP contribution >= 0.6 is 0 Å². The molecule has 3 nitrogen and oxygen atoms in total. The first-order valence-corrected chi connectivity index (χ1v) is 13.5. The van der Waals surface area contributed by atoms with Gasteiger partial charge in [0.15, 0.2) is 0 Å². The van der Waals surface area contributed by atoms with E-state index in [1.807, 2.05) is 6.92 Å². The zero-order valence-corrected chi connectivity index (χ0v) is 21.4.